The Labute approximate surface area is 197 Å². The maximum atomic E-state index is 11.4. The van der Waals surface area contributed by atoms with E-state index in [4.69, 9.17) is 33.2 Å². The molecule has 0 aliphatic carbocycles. The standard InChI is InChI=1S/C23H26Cl2N4O3/c1-15(30)27-22-5-2-16(12-26)10-23(22)32-14-19(31)13-29-8-6-17(7-9-29)28-18-3-4-20(24)21(25)11-18/h2-5,10-11,17,19,28,31H,6-9,13-14H2,1H3,(H,27,30). The first-order valence-corrected chi connectivity index (χ1v) is 11.2. The number of piperidine rings is 1. The van der Waals surface area contributed by atoms with Gasteiger partial charge >= 0.3 is 0 Å². The molecule has 1 amide bonds. The number of ether oxygens (including phenoxy) is 1. The number of nitrogens with zero attached hydrogens (tertiary/aromatic N) is 2. The van der Waals surface area contributed by atoms with Crippen molar-refractivity contribution in [1.29, 1.82) is 5.26 Å². The molecule has 2 aromatic carbocycles. The van der Waals surface area contributed by atoms with Gasteiger partial charge < -0.3 is 25.4 Å². The molecular weight excluding hydrogens is 451 g/mol. The van der Waals surface area contributed by atoms with Crippen molar-refractivity contribution in [2.45, 2.75) is 31.9 Å². The number of benzene rings is 2. The Kier molecular flexibility index (Phi) is 8.60. The molecule has 1 saturated heterocycles. The summed E-state index contributed by atoms with van der Waals surface area (Å²) in [6.07, 6.45) is 1.17. The van der Waals surface area contributed by atoms with Crippen LogP contribution in [0.1, 0.15) is 25.3 Å². The van der Waals surface area contributed by atoms with E-state index in [0.717, 1.165) is 31.6 Å². The summed E-state index contributed by atoms with van der Waals surface area (Å²) in [7, 11) is 0. The minimum atomic E-state index is -0.703. The van der Waals surface area contributed by atoms with Crippen LogP contribution in [0.15, 0.2) is 36.4 Å². The molecule has 1 unspecified atom stereocenters. The lowest BCUT2D eigenvalue weighted by atomic mass is 10.0. The van der Waals surface area contributed by atoms with Gasteiger partial charge in [0.2, 0.25) is 5.91 Å². The molecule has 1 aliphatic heterocycles. The minimum Gasteiger partial charge on any atom is -0.489 e. The number of nitriles is 1. The third-order valence-electron chi connectivity index (χ3n) is 5.20. The summed E-state index contributed by atoms with van der Waals surface area (Å²) >= 11 is 12.0. The van der Waals surface area contributed by atoms with Gasteiger partial charge in [0, 0.05) is 44.4 Å². The van der Waals surface area contributed by atoms with Gasteiger partial charge in [0.15, 0.2) is 0 Å². The number of hydrogen-bond acceptors (Lipinski definition) is 6. The number of likely N-dealkylation sites (tertiary alicyclic amines) is 1. The van der Waals surface area contributed by atoms with Gasteiger partial charge in [0.25, 0.3) is 0 Å². The molecule has 0 saturated carbocycles. The highest BCUT2D eigenvalue weighted by atomic mass is 35.5. The molecule has 3 N–H and O–H groups in total. The number of hydrogen-bond donors (Lipinski definition) is 3. The highest BCUT2D eigenvalue weighted by molar-refractivity contribution is 6.42. The fourth-order valence-corrected chi connectivity index (χ4v) is 3.92. The van der Waals surface area contributed by atoms with Crippen LogP contribution < -0.4 is 15.4 Å². The molecule has 2 aromatic rings. The Bertz CT molecular complexity index is 988. The predicted octanol–water partition coefficient (Wildman–Crippen LogP) is 4.14. The van der Waals surface area contributed by atoms with E-state index in [-0.39, 0.29) is 12.5 Å². The highest BCUT2D eigenvalue weighted by Gasteiger charge is 2.21. The van der Waals surface area contributed by atoms with Gasteiger partial charge in [-0.2, -0.15) is 5.26 Å². The molecular formula is C23H26Cl2N4O3. The Balaban J connectivity index is 1.46. The van der Waals surface area contributed by atoms with Crippen LogP contribution in [-0.2, 0) is 4.79 Å². The van der Waals surface area contributed by atoms with E-state index in [1.165, 1.54) is 6.92 Å². The van der Waals surface area contributed by atoms with Crippen molar-refractivity contribution in [2.75, 3.05) is 36.9 Å². The molecule has 0 radical (unpaired) electrons. The smallest absolute Gasteiger partial charge is 0.221 e. The second kappa shape index (κ2) is 11.4. The van der Waals surface area contributed by atoms with Crippen molar-refractivity contribution >= 4 is 40.5 Å². The molecule has 32 heavy (non-hydrogen) atoms. The topological polar surface area (TPSA) is 97.6 Å². The first-order chi connectivity index (χ1) is 15.3. The quantitative estimate of drug-likeness (QED) is 0.529. The van der Waals surface area contributed by atoms with Crippen LogP contribution in [0.4, 0.5) is 11.4 Å². The van der Waals surface area contributed by atoms with E-state index in [2.05, 4.69) is 15.5 Å². The first kappa shape index (κ1) is 24.1. The van der Waals surface area contributed by atoms with E-state index < -0.39 is 6.10 Å². The van der Waals surface area contributed by atoms with Crippen LogP contribution in [0, 0.1) is 11.3 Å². The SMILES string of the molecule is CC(=O)Nc1ccc(C#N)cc1OCC(O)CN1CCC(Nc2ccc(Cl)c(Cl)c2)CC1. The Morgan fingerprint density at radius 2 is 2.00 bits per heavy atom. The predicted molar refractivity (Wildman–Crippen MR) is 127 cm³/mol. The van der Waals surface area contributed by atoms with E-state index in [0.29, 0.717) is 39.6 Å². The minimum absolute atomic E-state index is 0.0585. The summed E-state index contributed by atoms with van der Waals surface area (Å²) in [5.41, 5.74) is 1.83. The van der Waals surface area contributed by atoms with E-state index in [1.807, 2.05) is 18.2 Å². The molecule has 3 rings (SSSR count). The molecule has 170 valence electrons. The number of amides is 1. The highest BCUT2D eigenvalue weighted by Crippen LogP contribution is 2.27. The van der Waals surface area contributed by atoms with Gasteiger partial charge in [-0.1, -0.05) is 23.2 Å². The van der Waals surface area contributed by atoms with E-state index in [9.17, 15) is 9.90 Å². The monoisotopic (exact) mass is 476 g/mol. The van der Waals surface area contributed by atoms with Crippen LogP contribution in [0.25, 0.3) is 0 Å². The van der Waals surface area contributed by atoms with E-state index in [1.54, 1.807) is 24.3 Å². The van der Waals surface area contributed by atoms with Gasteiger partial charge in [-0.3, -0.25) is 4.79 Å². The number of halogens is 2. The van der Waals surface area contributed by atoms with Crippen molar-refractivity contribution in [3.63, 3.8) is 0 Å². The molecule has 0 aromatic heterocycles. The zero-order valence-corrected chi connectivity index (χ0v) is 19.3. The third kappa shape index (κ3) is 7.01. The Hall–Kier alpha value is -2.50. The van der Waals surface area contributed by atoms with Gasteiger partial charge in [-0.25, -0.2) is 0 Å². The number of nitrogens with one attached hydrogen (secondary N) is 2. The summed E-state index contributed by atoms with van der Waals surface area (Å²) in [5.74, 6) is 0.125. The van der Waals surface area contributed by atoms with Crippen LogP contribution in [0.3, 0.4) is 0 Å². The van der Waals surface area contributed by atoms with Crippen LogP contribution in [0.5, 0.6) is 5.75 Å². The fourth-order valence-electron chi connectivity index (χ4n) is 3.62. The van der Waals surface area contributed by atoms with Gasteiger partial charge in [0.1, 0.15) is 18.5 Å². The zero-order valence-electron chi connectivity index (χ0n) is 17.8. The lowest BCUT2D eigenvalue weighted by Gasteiger charge is -2.34. The van der Waals surface area contributed by atoms with E-state index >= 15 is 0 Å². The van der Waals surface area contributed by atoms with Crippen molar-refractivity contribution in [3.05, 3.63) is 52.0 Å². The second-order valence-corrected chi connectivity index (χ2v) is 8.63. The summed E-state index contributed by atoms with van der Waals surface area (Å²) in [4.78, 5) is 13.6. The molecule has 1 aliphatic rings. The lowest BCUT2D eigenvalue weighted by Crippen LogP contribution is -2.43. The van der Waals surface area contributed by atoms with Gasteiger partial charge in [0.05, 0.1) is 27.4 Å². The number of anilines is 2. The average molecular weight is 477 g/mol. The number of carbonyl (C=O) groups excluding carboxylic acids is 1. The Morgan fingerprint density at radius 1 is 1.25 bits per heavy atom. The first-order valence-electron chi connectivity index (χ1n) is 10.4. The largest absolute Gasteiger partial charge is 0.489 e. The maximum absolute atomic E-state index is 11.4. The van der Waals surface area contributed by atoms with Crippen LogP contribution in [0.2, 0.25) is 10.0 Å². The van der Waals surface area contributed by atoms with Crippen molar-refractivity contribution in [3.8, 4) is 11.8 Å². The summed E-state index contributed by atoms with van der Waals surface area (Å²) < 4.78 is 5.73. The van der Waals surface area contributed by atoms with Crippen LogP contribution >= 0.6 is 23.2 Å². The van der Waals surface area contributed by atoms with Gasteiger partial charge in [-0.05, 0) is 43.2 Å². The fraction of sp³-hybridized carbons (Fsp3) is 0.391. The van der Waals surface area contributed by atoms with Crippen molar-refractivity contribution in [1.82, 2.24) is 4.90 Å². The lowest BCUT2D eigenvalue weighted by molar-refractivity contribution is -0.114. The number of aliphatic hydroxyl groups excluding tert-OH is 1. The van der Waals surface area contributed by atoms with Crippen LogP contribution in [-0.4, -0.2) is 54.3 Å². The average Bonchev–Trinajstić information content (AvgIpc) is 2.76. The summed E-state index contributed by atoms with van der Waals surface area (Å²) in [6, 6.07) is 12.7. The summed E-state index contributed by atoms with van der Waals surface area (Å²) in [5, 5.41) is 26.8. The molecule has 0 bridgehead atoms. The molecule has 1 fully saturated rings. The van der Waals surface area contributed by atoms with Crippen molar-refractivity contribution < 1.29 is 14.6 Å². The summed E-state index contributed by atoms with van der Waals surface area (Å²) in [6.45, 7) is 3.63. The number of carbonyl (C=O) groups is 1. The number of aliphatic hydroxyl groups is 1. The normalized spacial score (nSPS) is 15.6. The molecule has 1 heterocycles. The molecule has 0 spiro atoms. The van der Waals surface area contributed by atoms with Gasteiger partial charge in [-0.15, -0.1) is 0 Å². The van der Waals surface area contributed by atoms with Crippen molar-refractivity contribution in [2.24, 2.45) is 0 Å². The molecule has 7 nitrogen and oxygen atoms in total. The molecule has 9 heteroatoms. The molecule has 1 atom stereocenters. The third-order valence-corrected chi connectivity index (χ3v) is 5.94. The number of rotatable bonds is 8. The second-order valence-electron chi connectivity index (χ2n) is 7.82. The zero-order chi connectivity index (χ0) is 23.1. The Morgan fingerprint density at radius 3 is 2.66 bits per heavy atom. The number of β-amino-alcohol motifs (C(OH)–C–C–N with tert-alkyl or cyclic N) is 1. The maximum Gasteiger partial charge on any atom is 0.221 e.